The fourth-order valence-electron chi connectivity index (χ4n) is 0.523. The Morgan fingerprint density at radius 2 is 1.71 bits per heavy atom. The van der Waals surface area contributed by atoms with Crippen molar-refractivity contribution in [3.05, 3.63) is 12.2 Å². The van der Waals surface area contributed by atoms with Crippen LogP contribution in [0.5, 0.6) is 0 Å². The summed E-state index contributed by atoms with van der Waals surface area (Å²) in [6.45, 7) is 1.37. The normalized spacial score (nSPS) is 11.6. The zero-order chi connectivity index (χ0) is 11.2. The van der Waals surface area contributed by atoms with Gasteiger partial charge in [0.2, 0.25) is 0 Å². The highest BCUT2D eigenvalue weighted by Crippen LogP contribution is 2.11. The number of rotatable bonds is 5. The van der Waals surface area contributed by atoms with Gasteiger partial charge in [-0.1, -0.05) is 0 Å². The number of carbonyl (C=O) groups is 2. The van der Waals surface area contributed by atoms with Crippen LogP contribution in [0.25, 0.3) is 0 Å². The highest BCUT2D eigenvalue weighted by molar-refractivity contribution is 5.90. The van der Waals surface area contributed by atoms with Crippen molar-refractivity contribution in [1.82, 2.24) is 0 Å². The van der Waals surface area contributed by atoms with Gasteiger partial charge in [0.15, 0.2) is 0 Å². The number of carboxylic acid groups (broad SMARTS) is 1. The number of hydrogen-bond acceptors (Lipinski definition) is 5. The highest BCUT2D eigenvalue weighted by atomic mass is 16.9. The van der Waals surface area contributed by atoms with Crippen LogP contribution in [0.4, 0.5) is 0 Å². The third kappa shape index (κ3) is 4.58. The molecule has 0 atom stereocenters. The van der Waals surface area contributed by atoms with Crippen molar-refractivity contribution in [2.75, 3.05) is 14.2 Å². The number of esters is 1. The van der Waals surface area contributed by atoms with E-state index in [-0.39, 0.29) is 0 Å². The summed E-state index contributed by atoms with van der Waals surface area (Å²) in [5.74, 6) is -3.60. The molecule has 0 unspecified atom stereocenters. The molecule has 0 saturated heterocycles. The molecule has 0 amide bonds. The van der Waals surface area contributed by atoms with E-state index in [1.807, 2.05) is 0 Å². The molecule has 6 nitrogen and oxygen atoms in total. The Morgan fingerprint density at radius 1 is 1.21 bits per heavy atom. The molecule has 1 N–H and O–H groups in total. The van der Waals surface area contributed by atoms with Crippen LogP contribution in [0.3, 0.4) is 0 Å². The molecule has 0 saturated carbocycles. The first-order valence-electron chi connectivity index (χ1n) is 3.68. The van der Waals surface area contributed by atoms with E-state index < -0.39 is 17.9 Å². The van der Waals surface area contributed by atoms with Crippen molar-refractivity contribution in [3.63, 3.8) is 0 Å². The molecule has 0 aromatic rings. The number of carboxylic acids is 1. The van der Waals surface area contributed by atoms with E-state index >= 15 is 0 Å². The largest absolute Gasteiger partial charge is 0.478 e. The van der Waals surface area contributed by atoms with Gasteiger partial charge >= 0.3 is 17.9 Å². The van der Waals surface area contributed by atoms with E-state index in [1.165, 1.54) is 21.1 Å². The van der Waals surface area contributed by atoms with Crippen molar-refractivity contribution < 1.29 is 28.9 Å². The highest BCUT2D eigenvalue weighted by Gasteiger charge is 2.26. The van der Waals surface area contributed by atoms with Crippen LogP contribution in [-0.2, 0) is 23.8 Å². The third-order valence-corrected chi connectivity index (χ3v) is 1.39. The molecule has 0 fully saturated rings. The predicted molar refractivity (Wildman–Crippen MR) is 45.3 cm³/mol. The third-order valence-electron chi connectivity index (χ3n) is 1.39. The minimum absolute atomic E-state index is 0.661. The van der Waals surface area contributed by atoms with Gasteiger partial charge in [-0.2, -0.15) is 0 Å². The summed E-state index contributed by atoms with van der Waals surface area (Å²) in [6, 6.07) is 0. The summed E-state index contributed by atoms with van der Waals surface area (Å²) in [6.07, 6.45) is 1.42. The summed E-state index contributed by atoms with van der Waals surface area (Å²) < 4.78 is 14.1. The van der Waals surface area contributed by atoms with Gasteiger partial charge in [0, 0.05) is 33.3 Å². The van der Waals surface area contributed by atoms with Crippen molar-refractivity contribution in [2.24, 2.45) is 0 Å². The molecule has 14 heavy (non-hydrogen) atoms. The molecule has 0 aromatic carbocycles. The summed E-state index contributed by atoms with van der Waals surface area (Å²) in [4.78, 5) is 21.0. The molecular weight excluding hydrogens is 192 g/mol. The van der Waals surface area contributed by atoms with Gasteiger partial charge in [0.1, 0.15) is 0 Å². The van der Waals surface area contributed by atoms with E-state index in [0.717, 1.165) is 6.08 Å². The van der Waals surface area contributed by atoms with Crippen molar-refractivity contribution >= 4 is 11.9 Å². The second kappa shape index (κ2) is 5.36. The summed E-state index contributed by atoms with van der Waals surface area (Å²) in [5.41, 5.74) is 0. The van der Waals surface area contributed by atoms with Gasteiger partial charge in [-0.15, -0.1) is 0 Å². The van der Waals surface area contributed by atoms with E-state index in [1.54, 1.807) is 0 Å². The number of methoxy groups -OCH3 is 2. The molecule has 0 bridgehead atoms. The van der Waals surface area contributed by atoms with Gasteiger partial charge < -0.3 is 19.3 Å². The Labute approximate surface area is 81.1 Å². The first kappa shape index (κ1) is 12.6. The lowest BCUT2D eigenvalue weighted by molar-refractivity contribution is -0.330. The number of ether oxygens (including phenoxy) is 3. The maximum absolute atomic E-state index is 10.9. The van der Waals surface area contributed by atoms with Crippen LogP contribution in [-0.4, -0.2) is 37.2 Å². The van der Waals surface area contributed by atoms with Crippen LogP contribution in [0, 0.1) is 0 Å². The van der Waals surface area contributed by atoms with Gasteiger partial charge in [0.05, 0.1) is 0 Å². The standard InChI is InChI=1S/C8H12O6/c1-8(12-2,13-3)14-7(11)5-4-6(9)10/h4-5H,1-3H3,(H,9,10). The van der Waals surface area contributed by atoms with Crippen molar-refractivity contribution in [1.29, 1.82) is 0 Å². The van der Waals surface area contributed by atoms with Crippen molar-refractivity contribution in [2.45, 2.75) is 12.9 Å². The fourth-order valence-corrected chi connectivity index (χ4v) is 0.523. The molecule has 0 heterocycles. The lowest BCUT2D eigenvalue weighted by atomic mass is 10.5. The predicted octanol–water partition coefficient (Wildman–Crippen LogP) is 0.137. The topological polar surface area (TPSA) is 82.1 Å². The number of aliphatic carboxylic acids is 1. The second-order valence-corrected chi connectivity index (χ2v) is 2.36. The molecule has 0 aliphatic rings. The Morgan fingerprint density at radius 3 is 2.07 bits per heavy atom. The minimum Gasteiger partial charge on any atom is -0.478 e. The fraction of sp³-hybridized carbons (Fsp3) is 0.500. The second-order valence-electron chi connectivity index (χ2n) is 2.36. The van der Waals surface area contributed by atoms with Gasteiger partial charge in [-0.3, -0.25) is 0 Å². The molecule has 80 valence electrons. The quantitative estimate of drug-likeness (QED) is 0.389. The molecular formula is C8H12O6. The van der Waals surface area contributed by atoms with Crippen LogP contribution < -0.4 is 0 Å². The van der Waals surface area contributed by atoms with E-state index in [0.29, 0.717) is 6.08 Å². The van der Waals surface area contributed by atoms with Crippen LogP contribution in [0.2, 0.25) is 0 Å². The Bertz CT molecular complexity index is 240. The monoisotopic (exact) mass is 204 g/mol. The van der Waals surface area contributed by atoms with Crippen LogP contribution in [0.15, 0.2) is 12.2 Å². The van der Waals surface area contributed by atoms with Crippen LogP contribution >= 0.6 is 0 Å². The van der Waals surface area contributed by atoms with Gasteiger partial charge in [-0.25, -0.2) is 9.59 Å². The lowest BCUT2D eigenvalue weighted by Crippen LogP contribution is -2.35. The Balaban J connectivity index is 4.24. The number of hydrogen-bond donors (Lipinski definition) is 1. The Kier molecular flexibility index (Phi) is 4.82. The number of carbonyl (C=O) groups excluding carboxylic acids is 1. The summed E-state index contributed by atoms with van der Waals surface area (Å²) in [5, 5.41) is 8.22. The molecule has 6 heteroatoms. The zero-order valence-corrected chi connectivity index (χ0v) is 8.14. The van der Waals surface area contributed by atoms with E-state index in [4.69, 9.17) is 14.6 Å². The first-order chi connectivity index (χ1) is 6.43. The SMILES string of the molecule is COC(C)(OC)OC(=O)C=CC(=O)O. The first-order valence-corrected chi connectivity index (χ1v) is 3.68. The molecule has 0 rings (SSSR count). The minimum atomic E-state index is -1.50. The molecule has 0 aliphatic carbocycles. The maximum Gasteiger partial charge on any atom is 0.335 e. The maximum atomic E-state index is 10.9. The Hall–Kier alpha value is -1.40. The van der Waals surface area contributed by atoms with Gasteiger partial charge in [-0.05, 0) is 0 Å². The molecule has 0 spiro atoms. The van der Waals surface area contributed by atoms with Crippen molar-refractivity contribution in [3.8, 4) is 0 Å². The summed E-state index contributed by atoms with van der Waals surface area (Å²) in [7, 11) is 2.58. The molecule has 0 aliphatic heterocycles. The zero-order valence-electron chi connectivity index (χ0n) is 8.14. The molecule has 0 aromatic heterocycles. The smallest absolute Gasteiger partial charge is 0.335 e. The van der Waals surface area contributed by atoms with Gasteiger partial charge in [0.25, 0.3) is 0 Å². The van der Waals surface area contributed by atoms with E-state index in [9.17, 15) is 9.59 Å². The lowest BCUT2D eigenvalue weighted by Gasteiger charge is -2.24. The molecule has 0 radical (unpaired) electrons. The van der Waals surface area contributed by atoms with Crippen LogP contribution in [0.1, 0.15) is 6.92 Å². The average Bonchev–Trinajstić information content (AvgIpc) is 2.14. The average molecular weight is 204 g/mol. The summed E-state index contributed by atoms with van der Waals surface area (Å²) >= 11 is 0. The van der Waals surface area contributed by atoms with E-state index in [2.05, 4.69) is 4.74 Å².